The molecule has 4 nitrogen and oxygen atoms in total. The van der Waals surface area contributed by atoms with Gasteiger partial charge in [0.05, 0.1) is 31.4 Å². The van der Waals surface area contributed by atoms with Crippen molar-refractivity contribution in [2.75, 3.05) is 31.3 Å². The van der Waals surface area contributed by atoms with E-state index in [1.807, 2.05) is 0 Å². The Balaban J connectivity index is 2.37. The van der Waals surface area contributed by atoms with Crippen LogP contribution >= 0.6 is 0 Å². The summed E-state index contributed by atoms with van der Waals surface area (Å²) in [7, 11) is 0. The highest BCUT2D eigenvalue weighted by Gasteiger charge is 2.37. The Morgan fingerprint density at radius 1 is 1.50 bits per heavy atom. The van der Waals surface area contributed by atoms with Gasteiger partial charge in [0.2, 0.25) is 0 Å². The van der Waals surface area contributed by atoms with Gasteiger partial charge < -0.3 is 14.7 Å². The molecule has 0 amide bonds. The number of ether oxygens (including phenoxy) is 1. The number of anilines is 1. The van der Waals surface area contributed by atoms with Crippen LogP contribution in [-0.2, 0) is 10.9 Å². The first-order valence-electron chi connectivity index (χ1n) is 5.51. The Morgan fingerprint density at radius 3 is 2.94 bits per heavy atom. The van der Waals surface area contributed by atoms with Gasteiger partial charge in [-0.3, -0.25) is 0 Å². The van der Waals surface area contributed by atoms with Gasteiger partial charge in [-0.15, -0.1) is 0 Å². The molecule has 1 N–H and O–H groups in total. The number of pyridine rings is 1. The summed E-state index contributed by atoms with van der Waals surface area (Å²) in [5, 5.41) is 9.19. The van der Waals surface area contributed by atoms with Crippen LogP contribution in [0.2, 0.25) is 0 Å². The van der Waals surface area contributed by atoms with Crippen molar-refractivity contribution in [3.8, 4) is 0 Å². The van der Waals surface area contributed by atoms with Crippen LogP contribution in [0.3, 0.4) is 0 Å². The fourth-order valence-electron chi connectivity index (χ4n) is 1.93. The molecule has 1 unspecified atom stereocenters. The van der Waals surface area contributed by atoms with E-state index in [1.54, 1.807) is 0 Å². The molecule has 18 heavy (non-hydrogen) atoms. The maximum Gasteiger partial charge on any atom is 0.419 e. The Bertz CT molecular complexity index is 412. The molecule has 1 aromatic rings. The van der Waals surface area contributed by atoms with Crippen LogP contribution in [-0.4, -0.2) is 42.5 Å². The average Bonchev–Trinajstić information content (AvgIpc) is 2.37. The van der Waals surface area contributed by atoms with Gasteiger partial charge in [0.1, 0.15) is 5.82 Å². The normalized spacial score (nSPS) is 21.1. The third-order valence-electron chi connectivity index (χ3n) is 2.80. The van der Waals surface area contributed by atoms with Crippen molar-refractivity contribution < 1.29 is 23.0 Å². The second-order valence-corrected chi connectivity index (χ2v) is 3.98. The molecule has 0 bridgehead atoms. The Morgan fingerprint density at radius 2 is 2.28 bits per heavy atom. The largest absolute Gasteiger partial charge is 0.419 e. The Hall–Kier alpha value is -1.34. The molecule has 1 saturated heterocycles. The molecule has 1 atom stereocenters. The van der Waals surface area contributed by atoms with E-state index in [0.717, 1.165) is 6.07 Å². The maximum atomic E-state index is 12.9. The first-order chi connectivity index (χ1) is 8.54. The molecule has 1 aliphatic heterocycles. The van der Waals surface area contributed by atoms with Gasteiger partial charge in [0.15, 0.2) is 0 Å². The van der Waals surface area contributed by atoms with Crippen LogP contribution in [0.5, 0.6) is 0 Å². The Kier molecular flexibility index (Phi) is 3.72. The van der Waals surface area contributed by atoms with Crippen molar-refractivity contribution in [2.24, 2.45) is 0 Å². The number of aliphatic hydroxyl groups is 1. The molecule has 7 heteroatoms. The highest BCUT2D eigenvalue weighted by Crippen LogP contribution is 2.36. The van der Waals surface area contributed by atoms with Crippen LogP contribution in [0.1, 0.15) is 5.56 Å². The lowest BCUT2D eigenvalue weighted by Crippen LogP contribution is -2.48. The van der Waals surface area contributed by atoms with Gasteiger partial charge in [-0.25, -0.2) is 4.98 Å². The van der Waals surface area contributed by atoms with E-state index in [0.29, 0.717) is 6.61 Å². The fourth-order valence-corrected chi connectivity index (χ4v) is 1.93. The highest BCUT2D eigenvalue weighted by molar-refractivity contribution is 5.49. The molecule has 1 aromatic heterocycles. The molecular formula is C11H13F3N2O2. The standard InChI is InChI=1S/C11H13F3N2O2/c12-11(13,14)9-2-1-3-15-10(9)16-4-5-18-7-8(16)6-17/h1-3,8,17H,4-7H2. The second-order valence-electron chi connectivity index (χ2n) is 3.98. The number of rotatable bonds is 2. The van der Waals surface area contributed by atoms with Gasteiger partial charge in [0.25, 0.3) is 0 Å². The zero-order chi connectivity index (χ0) is 13.2. The SMILES string of the molecule is OCC1COCCN1c1ncccc1C(F)(F)F. The summed E-state index contributed by atoms with van der Waals surface area (Å²) in [6.45, 7) is 0.536. The number of hydrogen-bond acceptors (Lipinski definition) is 4. The smallest absolute Gasteiger partial charge is 0.394 e. The summed E-state index contributed by atoms with van der Waals surface area (Å²) in [5.41, 5.74) is -0.787. The number of nitrogens with zero attached hydrogens (tertiary/aromatic N) is 2. The minimum absolute atomic E-state index is 0.146. The van der Waals surface area contributed by atoms with E-state index in [1.165, 1.54) is 17.2 Å². The van der Waals surface area contributed by atoms with E-state index in [4.69, 9.17) is 4.74 Å². The van der Waals surface area contributed by atoms with Crippen LogP contribution in [0.15, 0.2) is 18.3 Å². The molecule has 2 rings (SSSR count). The highest BCUT2D eigenvalue weighted by atomic mass is 19.4. The summed E-state index contributed by atoms with van der Waals surface area (Å²) >= 11 is 0. The average molecular weight is 262 g/mol. The maximum absolute atomic E-state index is 12.9. The minimum Gasteiger partial charge on any atom is -0.394 e. The van der Waals surface area contributed by atoms with Crippen molar-refractivity contribution in [3.05, 3.63) is 23.9 Å². The lowest BCUT2D eigenvalue weighted by Gasteiger charge is -2.36. The molecule has 100 valence electrons. The number of hydrogen-bond donors (Lipinski definition) is 1. The molecule has 1 aliphatic rings. The van der Waals surface area contributed by atoms with Crippen LogP contribution in [0.4, 0.5) is 19.0 Å². The molecule has 2 heterocycles. The molecule has 0 radical (unpaired) electrons. The number of alkyl halides is 3. The summed E-state index contributed by atoms with van der Waals surface area (Å²) in [6.07, 6.45) is -3.14. The van der Waals surface area contributed by atoms with Gasteiger partial charge in [0, 0.05) is 12.7 Å². The van der Waals surface area contributed by atoms with Gasteiger partial charge in [-0.2, -0.15) is 13.2 Å². The first kappa shape index (κ1) is 13.1. The quantitative estimate of drug-likeness (QED) is 0.872. The third-order valence-corrected chi connectivity index (χ3v) is 2.80. The fraction of sp³-hybridized carbons (Fsp3) is 0.545. The molecule has 0 saturated carbocycles. The summed E-state index contributed by atoms with van der Waals surface area (Å²) in [4.78, 5) is 5.26. The summed E-state index contributed by atoms with van der Waals surface area (Å²) < 4.78 is 43.8. The van der Waals surface area contributed by atoms with E-state index < -0.39 is 17.8 Å². The molecule has 0 aromatic carbocycles. The summed E-state index contributed by atoms with van der Waals surface area (Å²) in [6, 6.07) is 1.75. The number of halogens is 3. The first-order valence-corrected chi connectivity index (χ1v) is 5.51. The van der Waals surface area contributed by atoms with Crippen molar-refractivity contribution in [3.63, 3.8) is 0 Å². The third kappa shape index (κ3) is 2.56. The number of aromatic nitrogens is 1. The van der Waals surface area contributed by atoms with Gasteiger partial charge >= 0.3 is 6.18 Å². The lowest BCUT2D eigenvalue weighted by molar-refractivity contribution is -0.137. The van der Waals surface area contributed by atoms with Crippen molar-refractivity contribution >= 4 is 5.82 Å². The van der Waals surface area contributed by atoms with E-state index in [2.05, 4.69) is 4.98 Å². The number of aliphatic hydroxyl groups excluding tert-OH is 1. The van der Waals surface area contributed by atoms with Crippen molar-refractivity contribution in [1.82, 2.24) is 4.98 Å². The van der Waals surface area contributed by atoms with Crippen molar-refractivity contribution in [1.29, 1.82) is 0 Å². The topological polar surface area (TPSA) is 45.6 Å². The van der Waals surface area contributed by atoms with Crippen LogP contribution in [0.25, 0.3) is 0 Å². The zero-order valence-corrected chi connectivity index (χ0v) is 9.52. The molecule has 0 spiro atoms. The van der Waals surface area contributed by atoms with Gasteiger partial charge in [-0.1, -0.05) is 0 Å². The predicted molar refractivity (Wildman–Crippen MR) is 58.3 cm³/mol. The van der Waals surface area contributed by atoms with E-state index >= 15 is 0 Å². The molecular weight excluding hydrogens is 249 g/mol. The molecule has 0 aliphatic carbocycles. The lowest BCUT2D eigenvalue weighted by atomic mass is 10.1. The second kappa shape index (κ2) is 5.11. The minimum atomic E-state index is -4.46. The van der Waals surface area contributed by atoms with Gasteiger partial charge in [-0.05, 0) is 12.1 Å². The predicted octanol–water partition coefficient (Wildman–Crippen LogP) is 1.30. The zero-order valence-electron chi connectivity index (χ0n) is 9.52. The van der Waals surface area contributed by atoms with Crippen molar-refractivity contribution in [2.45, 2.75) is 12.2 Å². The monoisotopic (exact) mass is 262 g/mol. The van der Waals surface area contributed by atoms with E-state index in [-0.39, 0.29) is 25.6 Å². The number of morpholine rings is 1. The van der Waals surface area contributed by atoms with Crippen LogP contribution < -0.4 is 4.90 Å². The molecule has 1 fully saturated rings. The van der Waals surface area contributed by atoms with E-state index in [9.17, 15) is 18.3 Å². The summed E-state index contributed by atoms with van der Waals surface area (Å²) in [5.74, 6) is -0.146. The Labute approximate surface area is 102 Å². The van der Waals surface area contributed by atoms with Crippen LogP contribution in [0, 0.1) is 0 Å².